The van der Waals surface area contributed by atoms with E-state index >= 15 is 0 Å². The van der Waals surface area contributed by atoms with Crippen LogP contribution in [0.1, 0.15) is 36.5 Å². The Labute approximate surface area is 133 Å². The molecule has 0 saturated carbocycles. The molecular formula is C15H20FIN2O. The molecule has 0 bridgehead atoms. The van der Waals surface area contributed by atoms with Crippen LogP contribution in [-0.2, 0) is 0 Å². The van der Waals surface area contributed by atoms with Crippen molar-refractivity contribution in [2.45, 2.75) is 32.2 Å². The second-order valence-electron chi connectivity index (χ2n) is 5.12. The fraction of sp³-hybridized carbons (Fsp3) is 0.533. The minimum Gasteiger partial charge on any atom is -0.350 e. The highest BCUT2D eigenvalue weighted by Gasteiger charge is 2.21. The minimum absolute atomic E-state index is 0.193. The van der Waals surface area contributed by atoms with Crippen molar-refractivity contribution in [3.63, 3.8) is 0 Å². The Hall–Kier alpha value is -0.690. The first kappa shape index (κ1) is 15.7. The Kier molecular flexibility index (Phi) is 5.77. The van der Waals surface area contributed by atoms with Crippen LogP contribution in [0.4, 0.5) is 4.39 Å². The molecule has 20 heavy (non-hydrogen) atoms. The molecule has 1 heterocycles. The van der Waals surface area contributed by atoms with Gasteiger partial charge in [-0.25, -0.2) is 4.39 Å². The number of hydrogen-bond acceptors (Lipinski definition) is 2. The van der Waals surface area contributed by atoms with E-state index in [0.29, 0.717) is 21.7 Å². The van der Waals surface area contributed by atoms with E-state index in [1.165, 1.54) is 18.9 Å². The van der Waals surface area contributed by atoms with E-state index in [4.69, 9.17) is 0 Å². The largest absolute Gasteiger partial charge is 0.350 e. The molecule has 1 aromatic rings. The quantitative estimate of drug-likeness (QED) is 0.802. The van der Waals surface area contributed by atoms with Crippen LogP contribution in [0.25, 0.3) is 0 Å². The van der Waals surface area contributed by atoms with Gasteiger partial charge in [-0.15, -0.1) is 0 Å². The van der Waals surface area contributed by atoms with Gasteiger partial charge in [-0.2, -0.15) is 0 Å². The van der Waals surface area contributed by atoms with Crippen molar-refractivity contribution in [1.29, 1.82) is 0 Å². The summed E-state index contributed by atoms with van der Waals surface area (Å²) in [4.78, 5) is 14.4. The number of carbonyl (C=O) groups excluding carboxylic acids is 1. The zero-order valence-electron chi connectivity index (χ0n) is 11.7. The maximum atomic E-state index is 13.5. The fourth-order valence-corrected chi connectivity index (χ4v) is 2.99. The molecule has 1 unspecified atom stereocenters. The zero-order valence-corrected chi connectivity index (χ0v) is 13.8. The van der Waals surface area contributed by atoms with E-state index in [2.05, 4.69) is 17.1 Å². The van der Waals surface area contributed by atoms with Crippen molar-refractivity contribution in [3.05, 3.63) is 33.1 Å². The van der Waals surface area contributed by atoms with Crippen molar-refractivity contribution in [1.82, 2.24) is 10.2 Å². The molecule has 0 aliphatic carbocycles. The van der Waals surface area contributed by atoms with Gasteiger partial charge in [0.05, 0.1) is 0 Å². The summed E-state index contributed by atoms with van der Waals surface area (Å²) in [7, 11) is 0. The van der Waals surface area contributed by atoms with E-state index in [0.717, 1.165) is 19.5 Å². The molecule has 0 aromatic heterocycles. The lowest BCUT2D eigenvalue weighted by Crippen LogP contribution is -2.46. The molecule has 1 aliphatic heterocycles. The average molecular weight is 390 g/mol. The predicted octanol–water partition coefficient (Wildman–Crippen LogP) is 3.03. The van der Waals surface area contributed by atoms with Crippen LogP contribution in [0.2, 0.25) is 0 Å². The normalized spacial score (nSPS) is 19.9. The summed E-state index contributed by atoms with van der Waals surface area (Å²) >= 11 is 1.92. The smallest absolute Gasteiger partial charge is 0.251 e. The molecule has 1 atom stereocenters. The highest BCUT2D eigenvalue weighted by atomic mass is 127. The third kappa shape index (κ3) is 3.91. The molecule has 0 spiro atoms. The number of carbonyl (C=O) groups is 1. The first-order chi connectivity index (χ1) is 9.61. The second-order valence-corrected chi connectivity index (χ2v) is 6.28. The van der Waals surface area contributed by atoms with Gasteiger partial charge in [0, 0.05) is 21.7 Å². The van der Waals surface area contributed by atoms with E-state index in [9.17, 15) is 9.18 Å². The Bertz CT molecular complexity index is 481. The van der Waals surface area contributed by atoms with Crippen LogP contribution in [0.3, 0.4) is 0 Å². The fourth-order valence-electron chi connectivity index (χ4n) is 2.66. The summed E-state index contributed by atoms with van der Waals surface area (Å²) in [6, 6.07) is 5.00. The number of likely N-dealkylation sites (tertiary alicyclic amines) is 1. The predicted molar refractivity (Wildman–Crippen MR) is 86.3 cm³/mol. The molecule has 1 aromatic carbocycles. The van der Waals surface area contributed by atoms with Crippen molar-refractivity contribution in [3.8, 4) is 0 Å². The zero-order chi connectivity index (χ0) is 14.5. The lowest BCUT2D eigenvalue weighted by Gasteiger charge is -2.34. The number of piperidine rings is 1. The summed E-state index contributed by atoms with van der Waals surface area (Å²) in [5, 5.41) is 2.93. The highest BCUT2D eigenvalue weighted by molar-refractivity contribution is 14.1. The summed E-state index contributed by atoms with van der Waals surface area (Å²) in [5.41, 5.74) is 0.391. The Morgan fingerprint density at radius 3 is 3.00 bits per heavy atom. The van der Waals surface area contributed by atoms with Gasteiger partial charge in [-0.1, -0.05) is 13.3 Å². The molecule has 5 heteroatoms. The topological polar surface area (TPSA) is 32.3 Å². The molecular weight excluding hydrogens is 370 g/mol. The van der Waals surface area contributed by atoms with Gasteiger partial charge in [0.2, 0.25) is 0 Å². The van der Waals surface area contributed by atoms with Crippen LogP contribution in [0.15, 0.2) is 18.2 Å². The molecule has 1 saturated heterocycles. The van der Waals surface area contributed by atoms with Crippen LogP contribution in [-0.4, -0.2) is 36.5 Å². The van der Waals surface area contributed by atoms with Gasteiger partial charge in [-0.05, 0) is 66.7 Å². The maximum Gasteiger partial charge on any atom is 0.251 e. The molecule has 1 aliphatic rings. The number of benzene rings is 1. The Morgan fingerprint density at radius 1 is 1.50 bits per heavy atom. The monoisotopic (exact) mass is 390 g/mol. The van der Waals surface area contributed by atoms with Crippen molar-refractivity contribution in [2.24, 2.45) is 0 Å². The lowest BCUT2D eigenvalue weighted by atomic mass is 10.0. The van der Waals surface area contributed by atoms with Crippen molar-refractivity contribution < 1.29 is 9.18 Å². The molecule has 3 nitrogen and oxygen atoms in total. The van der Waals surface area contributed by atoms with E-state index < -0.39 is 0 Å². The minimum atomic E-state index is -0.342. The lowest BCUT2D eigenvalue weighted by molar-refractivity contribution is 0.0917. The van der Waals surface area contributed by atoms with Crippen LogP contribution in [0.5, 0.6) is 0 Å². The molecule has 1 fully saturated rings. The van der Waals surface area contributed by atoms with Crippen LogP contribution in [0, 0.1) is 9.39 Å². The molecule has 0 radical (unpaired) electrons. The first-order valence-corrected chi connectivity index (χ1v) is 8.17. The van der Waals surface area contributed by atoms with Gasteiger partial charge in [0.25, 0.3) is 5.91 Å². The standard InChI is InChI=1S/C15H20FIN2O/c1-2-19-8-4-3-5-12(19)10-18-15(20)11-6-7-14(17)13(16)9-11/h6-7,9,12H,2-5,8,10H2,1H3,(H,18,20). The average Bonchev–Trinajstić information content (AvgIpc) is 2.47. The summed E-state index contributed by atoms with van der Waals surface area (Å²) in [6.07, 6.45) is 3.57. The molecule has 1 amide bonds. The van der Waals surface area contributed by atoms with Crippen molar-refractivity contribution >= 4 is 28.5 Å². The Morgan fingerprint density at radius 2 is 2.30 bits per heavy atom. The van der Waals surface area contributed by atoms with Crippen molar-refractivity contribution in [2.75, 3.05) is 19.6 Å². The number of nitrogens with one attached hydrogen (secondary N) is 1. The van der Waals surface area contributed by atoms with Gasteiger partial charge >= 0.3 is 0 Å². The second kappa shape index (κ2) is 7.36. The number of nitrogens with zero attached hydrogens (tertiary/aromatic N) is 1. The number of hydrogen-bond donors (Lipinski definition) is 1. The summed E-state index contributed by atoms with van der Waals surface area (Å²) in [5.74, 6) is -0.534. The van der Waals surface area contributed by atoms with Gasteiger partial charge < -0.3 is 5.32 Å². The molecule has 110 valence electrons. The molecule has 1 N–H and O–H groups in total. The van der Waals surface area contributed by atoms with E-state index in [1.54, 1.807) is 12.1 Å². The summed E-state index contributed by atoms with van der Waals surface area (Å²) < 4.78 is 14.0. The van der Waals surface area contributed by atoms with E-state index in [1.807, 2.05) is 22.6 Å². The van der Waals surface area contributed by atoms with Crippen LogP contribution < -0.4 is 5.32 Å². The first-order valence-electron chi connectivity index (χ1n) is 7.09. The Balaban J connectivity index is 1.92. The summed E-state index contributed by atoms with van der Waals surface area (Å²) in [6.45, 7) is 4.91. The van der Waals surface area contributed by atoms with Crippen LogP contribution >= 0.6 is 22.6 Å². The van der Waals surface area contributed by atoms with E-state index in [-0.39, 0.29) is 11.7 Å². The van der Waals surface area contributed by atoms with Gasteiger partial charge in [-0.3, -0.25) is 9.69 Å². The third-order valence-electron chi connectivity index (χ3n) is 3.84. The third-order valence-corrected chi connectivity index (χ3v) is 4.71. The van der Waals surface area contributed by atoms with Gasteiger partial charge in [0.15, 0.2) is 0 Å². The highest BCUT2D eigenvalue weighted by Crippen LogP contribution is 2.16. The number of amides is 1. The van der Waals surface area contributed by atoms with Gasteiger partial charge in [0.1, 0.15) is 5.82 Å². The number of likely N-dealkylation sites (N-methyl/N-ethyl adjacent to an activating group) is 1. The SMILES string of the molecule is CCN1CCCCC1CNC(=O)c1ccc(I)c(F)c1. The maximum absolute atomic E-state index is 13.5. The number of rotatable bonds is 4. The molecule has 2 rings (SSSR count). The number of halogens is 2.